The molecule has 0 saturated carbocycles. The topological polar surface area (TPSA) is 161 Å². The Morgan fingerprint density at radius 3 is 2.23 bits per heavy atom. The number of amides is 3. The molecule has 13 nitrogen and oxygen atoms in total. The summed E-state index contributed by atoms with van der Waals surface area (Å²) in [6, 6.07) is 6.06. The number of rotatable bonds is 20. The number of aryl methyl sites for hydroxylation is 1. The molecule has 47 heavy (non-hydrogen) atoms. The first-order chi connectivity index (χ1) is 22.5. The van der Waals surface area contributed by atoms with Crippen LogP contribution in [0.3, 0.4) is 0 Å². The molecule has 14 heteroatoms. The van der Waals surface area contributed by atoms with E-state index in [1.807, 2.05) is 57.5 Å². The lowest BCUT2D eigenvalue weighted by molar-refractivity contribution is -0.144. The number of benzene rings is 1. The predicted octanol–water partition coefficient (Wildman–Crippen LogP) is 1.99. The highest BCUT2D eigenvalue weighted by molar-refractivity contribution is 7.13. The number of ether oxygens (including phenoxy) is 4. The van der Waals surface area contributed by atoms with Crippen LogP contribution in [0.1, 0.15) is 38.4 Å². The Kier molecular flexibility index (Phi) is 15.9. The first-order valence-corrected chi connectivity index (χ1v) is 16.7. The summed E-state index contributed by atoms with van der Waals surface area (Å²) in [5, 5.41) is 16.1. The molecule has 0 spiro atoms. The number of aliphatic imine (C=N–C) groups is 1. The Balaban J connectivity index is 1.42. The Morgan fingerprint density at radius 2 is 1.66 bits per heavy atom. The quantitative estimate of drug-likeness (QED) is 0.141. The Labute approximate surface area is 281 Å². The minimum atomic E-state index is -0.938. The minimum Gasteiger partial charge on any atom is -0.391 e. The number of β-amino-alcohol motifs (C(OH)–C–C–N with tert-alkyl or cyclic N) is 1. The maximum Gasteiger partial charge on any atom is 0.246 e. The van der Waals surface area contributed by atoms with Crippen LogP contribution in [-0.4, -0.2) is 124 Å². The van der Waals surface area contributed by atoms with E-state index < -0.39 is 35.4 Å². The molecule has 1 aromatic heterocycles. The van der Waals surface area contributed by atoms with Gasteiger partial charge in [-0.05, 0) is 30.2 Å². The summed E-state index contributed by atoms with van der Waals surface area (Å²) in [4.78, 5) is 50.2. The van der Waals surface area contributed by atoms with Gasteiger partial charge in [0.25, 0.3) is 0 Å². The van der Waals surface area contributed by atoms with Crippen LogP contribution in [0.15, 0.2) is 34.8 Å². The van der Waals surface area contributed by atoms with E-state index >= 15 is 0 Å². The van der Waals surface area contributed by atoms with Gasteiger partial charge in [0.05, 0.1) is 75.0 Å². The van der Waals surface area contributed by atoms with Gasteiger partial charge >= 0.3 is 0 Å². The van der Waals surface area contributed by atoms with Crippen molar-refractivity contribution in [2.24, 2.45) is 10.4 Å². The van der Waals surface area contributed by atoms with Crippen LogP contribution in [0.2, 0.25) is 0 Å². The third-order valence-corrected chi connectivity index (χ3v) is 8.43. The monoisotopic (exact) mass is 675 g/mol. The molecule has 3 rings (SSSR count). The number of carbonyl (C=O) groups is 3. The molecule has 3 N–H and O–H groups in total. The van der Waals surface area contributed by atoms with E-state index in [-0.39, 0.29) is 45.2 Å². The van der Waals surface area contributed by atoms with Gasteiger partial charge in [-0.15, -0.1) is 11.3 Å². The molecule has 2 heterocycles. The summed E-state index contributed by atoms with van der Waals surface area (Å²) in [5.74, 6) is -1.26. The maximum absolute atomic E-state index is 13.8. The van der Waals surface area contributed by atoms with Gasteiger partial charge in [-0.3, -0.25) is 19.4 Å². The summed E-state index contributed by atoms with van der Waals surface area (Å²) < 4.78 is 21.6. The van der Waals surface area contributed by atoms with Gasteiger partial charge in [-0.2, -0.15) is 0 Å². The SMILES string of the molecule is C=NCCOCCOCCOCCOCC(=O)N[C@H](C(=O)N1C[C@H](O)C[C@H]1C(=O)NCc1ccc(-c2scnc2C)cc1)C(C)(C)C. The summed E-state index contributed by atoms with van der Waals surface area (Å²) in [6.07, 6.45) is -0.739. The van der Waals surface area contributed by atoms with Crippen molar-refractivity contribution in [3.63, 3.8) is 0 Å². The average molecular weight is 676 g/mol. The number of aliphatic hydroxyl groups excluding tert-OH is 1. The molecule has 0 radical (unpaired) electrons. The highest BCUT2D eigenvalue weighted by atomic mass is 32.1. The van der Waals surface area contributed by atoms with Crippen LogP contribution in [0.4, 0.5) is 0 Å². The second-order valence-corrected chi connectivity index (χ2v) is 13.1. The lowest BCUT2D eigenvalue weighted by Crippen LogP contribution is -2.58. The summed E-state index contributed by atoms with van der Waals surface area (Å²) in [5.41, 5.74) is 4.07. The average Bonchev–Trinajstić information content (AvgIpc) is 3.65. The fourth-order valence-electron chi connectivity index (χ4n) is 4.94. The number of thiazole rings is 1. The second-order valence-electron chi connectivity index (χ2n) is 12.3. The largest absolute Gasteiger partial charge is 0.391 e. The van der Waals surface area contributed by atoms with Crippen molar-refractivity contribution in [3.05, 3.63) is 41.0 Å². The predicted molar refractivity (Wildman–Crippen MR) is 179 cm³/mol. The summed E-state index contributed by atoms with van der Waals surface area (Å²) >= 11 is 1.57. The number of hydrogen-bond donors (Lipinski definition) is 3. The van der Waals surface area contributed by atoms with E-state index in [1.165, 1.54) is 4.90 Å². The summed E-state index contributed by atoms with van der Waals surface area (Å²) in [6.45, 7) is 14.1. The molecule has 0 unspecified atom stereocenters. The van der Waals surface area contributed by atoms with Gasteiger partial charge in [0.1, 0.15) is 18.7 Å². The zero-order chi connectivity index (χ0) is 34.2. The molecule has 1 fully saturated rings. The Morgan fingerprint density at radius 1 is 1.04 bits per heavy atom. The molecule has 3 atom stereocenters. The molecule has 1 aromatic carbocycles. The minimum absolute atomic E-state index is 0.000361. The molecule has 1 saturated heterocycles. The van der Waals surface area contributed by atoms with Crippen LogP contribution in [0.25, 0.3) is 10.4 Å². The number of nitrogens with zero attached hydrogens (tertiary/aromatic N) is 3. The van der Waals surface area contributed by atoms with Crippen molar-refractivity contribution in [1.82, 2.24) is 20.5 Å². The van der Waals surface area contributed by atoms with E-state index in [2.05, 4.69) is 27.3 Å². The normalized spacial score (nSPS) is 17.0. The number of carbonyl (C=O) groups excluding carboxylic acids is 3. The van der Waals surface area contributed by atoms with Crippen molar-refractivity contribution in [2.75, 3.05) is 65.9 Å². The van der Waals surface area contributed by atoms with Gasteiger partial charge in [-0.25, -0.2) is 4.98 Å². The molecule has 0 bridgehead atoms. The van der Waals surface area contributed by atoms with Gasteiger partial charge in [0.15, 0.2) is 0 Å². The fraction of sp³-hybridized carbons (Fsp3) is 0.606. The highest BCUT2D eigenvalue weighted by Crippen LogP contribution is 2.28. The smallest absolute Gasteiger partial charge is 0.246 e. The van der Waals surface area contributed by atoms with Gasteiger partial charge in [0.2, 0.25) is 17.7 Å². The molecule has 2 aromatic rings. The molecule has 0 aliphatic carbocycles. The zero-order valence-corrected chi connectivity index (χ0v) is 28.7. The van der Waals surface area contributed by atoms with Crippen LogP contribution < -0.4 is 10.6 Å². The maximum atomic E-state index is 13.8. The molecule has 3 amide bonds. The molecular weight excluding hydrogens is 626 g/mol. The molecule has 1 aliphatic rings. The van der Waals surface area contributed by atoms with Crippen LogP contribution in [0.5, 0.6) is 0 Å². The van der Waals surface area contributed by atoms with Gasteiger partial charge < -0.3 is 39.6 Å². The van der Waals surface area contributed by atoms with E-state index in [9.17, 15) is 19.5 Å². The van der Waals surface area contributed by atoms with E-state index in [0.717, 1.165) is 21.7 Å². The van der Waals surface area contributed by atoms with Crippen molar-refractivity contribution in [2.45, 2.75) is 58.8 Å². The van der Waals surface area contributed by atoms with E-state index in [4.69, 9.17) is 18.9 Å². The molecule has 260 valence electrons. The number of aromatic nitrogens is 1. The van der Waals surface area contributed by atoms with Crippen molar-refractivity contribution in [1.29, 1.82) is 0 Å². The van der Waals surface area contributed by atoms with Crippen molar-refractivity contribution >= 4 is 35.8 Å². The van der Waals surface area contributed by atoms with Gasteiger partial charge in [0, 0.05) is 19.5 Å². The standard InChI is InChI=1S/C33H49N5O8S/c1-23-29(47-22-36-23)25-8-6-24(7-9-25)19-35-31(41)27-18-26(39)20-38(27)32(42)30(33(2,3)4)37-28(40)21-46-17-16-45-15-14-44-13-12-43-11-10-34-5/h6-9,22,26-27,30,39H,5,10-21H2,1-4H3,(H,35,41)(H,37,40)/t26-,27+,30-/m1/s1. The Bertz CT molecular complexity index is 1280. The number of aliphatic hydroxyl groups is 1. The molecular formula is C33H49N5O8S. The van der Waals surface area contributed by atoms with Crippen LogP contribution in [-0.2, 0) is 39.9 Å². The third-order valence-electron chi connectivity index (χ3n) is 7.45. The van der Waals surface area contributed by atoms with E-state index in [1.54, 1.807) is 11.3 Å². The van der Waals surface area contributed by atoms with Crippen LogP contribution in [0, 0.1) is 12.3 Å². The first kappa shape index (κ1) is 38.2. The zero-order valence-electron chi connectivity index (χ0n) is 27.9. The lowest BCUT2D eigenvalue weighted by atomic mass is 9.85. The number of hydrogen-bond acceptors (Lipinski definition) is 11. The van der Waals surface area contributed by atoms with E-state index in [0.29, 0.717) is 39.6 Å². The second kappa shape index (κ2) is 19.5. The fourth-order valence-corrected chi connectivity index (χ4v) is 5.75. The third kappa shape index (κ3) is 12.7. The van der Waals surface area contributed by atoms with Crippen LogP contribution >= 0.6 is 11.3 Å². The first-order valence-electron chi connectivity index (χ1n) is 15.8. The highest BCUT2D eigenvalue weighted by Gasteiger charge is 2.44. The van der Waals surface area contributed by atoms with Crippen molar-refractivity contribution < 1.29 is 38.4 Å². The van der Waals surface area contributed by atoms with Crippen molar-refractivity contribution in [3.8, 4) is 10.4 Å². The number of likely N-dealkylation sites (tertiary alicyclic amines) is 1. The van der Waals surface area contributed by atoms with Gasteiger partial charge in [-0.1, -0.05) is 45.0 Å². The number of nitrogens with one attached hydrogen (secondary N) is 2. The lowest BCUT2D eigenvalue weighted by Gasteiger charge is -2.35. The summed E-state index contributed by atoms with van der Waals surface area (Å²) in [7, 11) is 0. The Hall–Kier alpha value is -3.27. The molecule has 1 aliphatic heterocycles.